The molecule has 0 bridgehead atoms. The number of rotatable bonds is 2. The van der Waals surface area contributed by atoms with Crippen LogP contribution in [0, 0.1) is 11.6 Å². The van der Waals surface area contributed by atoms with Gasteiger partial charge in [-0.3, -0.25) is 4.79 Å². The van der Waals surface area contributed by atoms with E-state index in [0.717, 1.165) is 16.6 Å². The van der Waals surface area contributed by atoms with Gasteiger partial charge in [0.15, 0.2) is 11.6 Å². The van der Waals surface area contributed by atoms with Crippen molar-refractivity contribution in [2.24, 2.45) is 0 Å². The molecule has 3 nitrogen and oxygen atoms in total. The zero-order valence-electron chi connectivity index (χ0n) is 11.1. The molecule has 22 heavy (non-hydrogen) atoms. The maximum absolute atomic E-state index is 13.1. The molecule has 0 aliphatic heterocycles. The lowest BCUT2D eigenvalue weighted by atomic mass is 10.2. The molecule has 0 spiro atoms. The first-order valence-corrected chi connectivity index (χ1v) is 7.15. The summed E-state index contributed by atoms with van der Waals surface area (Å²) in [4.78, 5) is 18.9. The number of nitrogens with zero attached hydrogens (tertiary/aromatic N) is 1. The van der Waals surface area contributed by atoms with Crippen molar-refractivity contribution in [3.05, 3.63) is 74.2 Å². The van der Waals surface area contributed by atoms with Crippen LogP contribution < -0.4 is 5.56 Å². The number of aromatic nitrogens is 2. The maximum atomic E-state index is 13.1. The van der Waals surface area contributed by atoms with Crippen LogP contribution >= 0.6 is 15.9 Å². The Kier molecular flexibility index (Phi) is 3.85. The van der Waals surface area contributed by atoms with Crippen LogP contribution in [0.15, 0.2) is 45.7 Å². The normalized spacial score (nSPS) is 11.4. The Balaban J connectivity index is 2.00. The predicted molar refractivity (Wildman–Crippen MR) is 85.3 cm³/mol. The topological polar surface area (TPSA) is 45.8 Å². The number of H-pyrrole nitrogens is 1. The second kappa shape index (κ2) is 5.81. The van der Waals surface area contributed by atoms with E-state index in [2.05, 4.69) is 25.9 Å². The fourth-order valence-electron chi connectivity index (χ4n) is 2.00. The molecule has 0 radical (unpaired) electrons. The van der Waals surface area contributed by atoms with E-state index in [1.165, 1.54) is 12.1 Å². The summed E-state index contributed by atoms with van der Waals surface area (Å²) >= 11 is 3.30. The van der Waals surface area contributed by atoms with Crippen molar-refractivity contribution in [1.29, 1.82) is 0 Å². The molecule has 0 atom stereocenters. The van der Waals surface area contributed by atoms with Crippen LogP contribution in [0.3, 0.4) is 0 Å². The number of hydrogen-bond acceptors (Lipinski definition) is 2. The Hall–Kier alpha value is -2.34. The highest BCUT2D eigenvalue weighted by Gasteiger charge is 2.03. The van der Waals surface area contributed by atoms with Crippen LogP contribution in [0.1, 0.15) is 11.4 Å². The number of fused-ring (bicyclic) bond motifs is 1. The van der Waals surface area contributed by atoms with Crippen LogP contribution in [0.2, 0.25) is 0 Å². The highest BCUT2D eigenvalue weighted by molar-refractivity contribution is 9.10. The minimum absolute atomic E-state index is 0.267. The van der Waals surface area contributed by atoms with Crippen LogP contribution in [0.25, 0.3) is 23.1 Å². The summed E-state index contributed by atoms with van der Waals surface area (Å²) < 4.78 is 26.8. The fourth-order valence-corrected chi connectivity index (χ4v) is 2.36. The molecule has 0 amide bonds. The third-order valence-electron chi connectivity index (χ3n) is 3.06. The molecule has 3 aromatic rings. The molecule has 0 aliphatic rings. The van der Waals surface area contributed by atoms with Gasteiger partial charge in [-0.25, -0.2) is 13.8 Å². The Morgan fingerprint density at radius 1 is 1.05 bits per heavy atom. The minimum atomic E-state index is -0.924. The number of hydrogen-bond donors (Lipinski definition) is 1. The Bertz CT molecular complexity index is 951. The van der Waals surface area contributed by atoms with Crippen molar-refractivity contribution < 1.29 is 8.78 Å². The molecule has 3 rings (SSSR count). The second-order valence-corrected chi connectivity index (χ2v) is 5.54. The smallest absolute Gasteiger partial charge is 0.259 e. The predicted octanol–water partition coefficient (Wildman–Crippen LogP) is 4.13. The first kappa shape index (κ1) is 14.6. The van der Waals surface area contributed by atoms with Gasteiger partial charge in [0.05, 0.1) is 10.9 Å². The summed E-state index contributed by atoms with van der Waals surface area (Å²) in [5.74, 6) is -1.49. The van der Waals surface area contributed by atoms with Gasteiger partial charge in [0.1, 0.15) is 5.82 Å². The first-order chi connectivity index (χ1) is 10.5. The van der Waals surface area contributed by atoms with Gasteiger partial charge in [-0.15, -0.1) is 0 Å². The molecule has 110 valence electrons. The molecule has 1 aromatic heterocycles. The summed E-state index contributed by atoms with van der Waals surface area (Å²) in [6, 6.07) is 8.75. The zero-order valence-corrected chi connectivity index (χ0v) is 12.7. The van der Waals surface area contributed by atoms with E-state index < -0.39 is 11.6 Å². The third-order valence-corrected chi connectivity index (χ3v) is 3.56. The van der Waals surface area contributed by atoms with Crippen LogP contribution in [0.5, 0.6) is 0 Å². The summed E-state index contributed by atoms with van der Waals surface area (Å²) in [7, 11) is 0. The Morgan fingerprint density at radius 3 is 2.64 bits per heavy atom. The van der Waals surface area contributed by atoms with Crippen molar-refractivity contribution in [1.82, 2.24) is 9.97 Å². The fraction of sp³-hybridized carbons (Fsp3) is 0. The van der Waals surface area contributed by atoms with E-state index in [-0.39, 0.29) is 5.56 Å². The summed E-state index contributed by atoms with van der Waals surface area (Å²) in [5, 5.41) is 0.472. The SMILES string of the molecule is O=c1[nH]c(/C=C/c2ccc(F)c(F)c2)nc2ccc(Br)cc12. The quantitative estimate of drug-likeness (QED) is 0.744. The van der Waals surface area contributed by atoms with E-state index in [4.69, 9.17) is 0 Å². The molecular weight excluding hydrogens is 354 g/mol. The van der Waals surface area contributed by atoms with Crippen LogP contribution in [-0.2, 0) is 0 Å². The lowest BCUT2D eigenvalue weighted by Crippen LogP contribution is -2.09. The second-order valence-electron chi connectivity index (χ2n) is 4.62. The van der Waals surface area contributed by atoms with Crippen molar-refractivity contribution in [2.75, 3.05) is 0 Å². The molecule has 0 saturated carbocycles. The van der Waals surface area contributed by atoms with Crippen LogP contribution in [0.4, 0.5) is 8.78 Å². The molecule has 0 unspecified atom stereocenters. The van der Waals surface area contributed by atoms with E-state index in [1.807, 2.05) is 0 Å². The molecule has 1 heterocycles. The van der Waals surface area contributed by atoms with Crippen molar-refractivity contribution in [3.63, 3.8) is 0 Å². The van der Waals surface area contributed by atoms with Crippen molar-refractivity contribution in [3.8, 4) is 0 Å². The zero-order chi connectivity index (χ0) is 15.7. The van der Waals surface area contributed by atoms with Gasteiger partial charge in [0.25, 0.3) is 5.56 Å². The first-order valence-electron chi connectivity index (χ1n) is 6.36. The summed E-state index contributed by atoms with van der Waals surface area (Å²) in [6.07, 6.45) is 3.08. The monoisotopic (exact) mass is 362 g/mol. The number of halogens is 3. The van der Waals surface area contributed by atoms with Gasteiger partial charge >= 0.3 is 0 Å². The highest BCUT2D eigenvalue weighted by atomic mass is 79.9. The standard InChI is InChI=1S/C16H9BrF2N2O/c17-10-3-5-14-11(8-10)16(22)21-15(20-14)6-2-9-1-4-12(18)13(19)7-9/h1-8H,(H,20,21,22)/b6-2+. The highest BCUT2D eigenvalue weighted by Crippen LogP contribution is 2.16. The van der Waals surface area contributed by atoms with E-state index >= 15 is 0 Å². The van der Waals surface area contributed by atoms with Gasteiger partial charge in [0.2, 0.25) is 0 Å². The number of aromatic amines is 1. The average molecular weight is 363 g/mol. The van der Waals surface area contributed by atoms with E-state index in [1.54, 1.807) is 24.3 Å². The maximum Gasteiger partial charge on any atom is 0.259 e. The molecule has 0 fully saturated rings. The van der Waals surface area contributed by atoms with Crippen molar-refractivity contribution in [2.45, 2.75) is 0 Å². The largest absolute Gasteiger partial charge is 0.306 e. The molecule has 2 aromatic carbocycles. The van der Waals surface area contributed by atoms with Gasteiger partial charge in [0, 0.05) is 4.47 Å². The van der Waals surface area contributed by atoms with Crippen molar-refractivity contribution >= 4 is 39.0 Å². The lowest BCUT2D eigenvalue weighted by Gasteiger charge is -2.00. The third kappa shape index (κ3) is 2.96. The molecule has 6 heteroatoms. The molecule has 0 aliphatic carbocycles. The number of benzene rings is 2. The number of nitrogens with one attached hydrogen (secondary N) is 1. The van der Waals surface area contributed by atoms with E-state index in [0.29, 0.717) is 22.3 Å². The molecule has 1 N–H and O–H groups in total. The summed E-state index contributed by atoms with van der Waals surface area (Å²) in [5.41, 5.74) is 0.755. The van der Waals surface area contributed by atoms with Gasteiger partial charge in [-0.2, -0.15) is 0 Å². The van der Waals surface area contributed by atoms with Crippen LogP contribution in [-0.4, -0.2) is 9.97 Å². The van der Waals surface area contributed by atoms with Gasteiger partial charge < -0.3 is 4.98 Å². The molecule has 0 saturated heterocycles. The van der Waals surface area contributed by atoms with Gasteiger partial charge in [-0.1, -0.05) is 28.1 Å². The average Bonchev–Trinajstić information content (AvgIpc) is 2.49. The molecular formula is C16H9BrF2N2O. The summed E-state index contributed by atoms with van der Waals surface area (Å²) in [6.45, 7) is 0. The van der Waals surface area contributed by atoms with E-state index in [9.17, 15) is 13.6 Å². The minimum Gasteiger partial charge on any atom is -0.306 e. The lowest BCUT2D eigenvalue weighted by molar-refractivity contribution is 0.508. The van der Waals surface area contributed by atoms with Gasteiger partial charge in [-0.05, 0) is 42.0 Å². The Morgan fingerprint density at radius 2 is 1.86 bits per heavy atom. The Labute approximate surface area is 132 Å².